The molecule has 0 spiro atoms. The Morgan fingerprint density at radius 2 is 0.820 bits per heavy atom. The fourth-order valence-electron chi connectivity index (χ4n) is 6.39. The summed E-state index contributed by atoms with van der Waals surface area (Å²) in [6.45, 7) is 4.44. The van der Waals surface area contributed by atoms with Crippen LogP contribution >= 0.6 is 0 Å². The lowest BCUT2D eigenvalue weighted by Gasteiger charge is -2.14. The van der Waals surface area contributed by atoms with Crippen LogP contribution in [0, 0.1) is 0 Å². The third-order valence-electron chi connectivity index (χ3n) is 9.55. The standard InChI is InChI=1S/C46H82O4/c1-3-5-7-9-11-13-15-16-17-18-19-20-21-22-23-24-26-28-30-35-39-43-46(49)50-44(41-37-33-31-34-38-42-45(47)48)40-36-32-29-27-25-14-12-10-8-6-4-2/h6,8,12,14,27,29,36,40,44H,3-5,7,9-11,13,15-26,28,30-35,37-39,41-43H2,1-2H3,(H,47,48)/b8-6-,14-12-,29-27-,40-36-. The molecule has 0 fully saturated rings. The molecule has 0 rings (SSSR count). The zero-order valence-corrected chi connectivity index (χ0v) is 33.2. The molecule has 1 N–H and O–H groups in total. The predicted octanol–water partition coefficient (Wildman–Crippen LogP) is 15.1. The molecule has 0 aliphatic carbocycles. The van der Waals surface area contributed by atoms with E-state index in [1.54, 1.807) is 0 Å². The fraction of sp³-hybridized carbons (Fsp3) is 0.783. The first-order valence-electron chi connectivity index (χ1n) is 21.6. The van der Waals surface area contributed by atoms with Crippen molar-refractivity contribution in [2.24, 2.45) is 0 Å². The normalized spacial score (nSPS) is 12.7. The summed E-state index contributed by atoms with van der Waals surface area (Å²) in [6, 6.07) is 0. The Morgan fingerprint density at radius 1 is 0.460 bits per heavy atom. The minimum absolute atomic E-state index is 0.0725. The fourth-order valence-corrected chi connectivity index (χ4v) is 6.39. The van der Waals surface area contributed by atoms with Crippen molar-refractivity contribution in [3.63, 3.8) is 0 Å². The number of carbonyl (C=O) groups excluding carboxylic acids is 1. The minimum atomic E-state index is -0.716. The Kier molecular flexibility index (Phi) is 39.6. The van der Waals surface area contributed by atoms with E-state index in [0.717, 1.165) is 77.0 Å². The molecule has 0 amide bonds. The van der Waals surface area contributed by atoms with Gasteiger partial charge < -0.3 is 9.84 Å². The summed E-state index contributed by atoms with van der Waals surface area (Å²) in [7, 11) is 0. The summed E-state index contributed by atoms with van der Waals surface area (Å²) >= 11 is 0. The van der Waals surface area contributed by atoms with Crippen LogP contribution in [0.1, 0.15) is 226 Å². The third-order valence-corrected chi connectivity index (χ3v) is 9.55. The van der Waals surface area contributed by atoms with Gasteiger partial charge in [-0.1, -0.05) is 204 Å². The van der Waals surface area contributed by atoms with E-state index in [2.05, 4.69) is 62.5 Å². The number of hydrogen-bond acceptors (Lipinski definition) is 3. The molecule has 4 nitrogen and oxygen atoms in total. The number of carboxylic acid groups (broad SMARTS) is 1. The molecule has 0 radical (unpaired) electrons. The molecule has 50 heavy (non-hydrogen) atoms. The maximum Gasteiger partial charge on any atom is 0.306 e. The van der Waals surface area contributed by atoms with E-state index < -0.39 is 5.97 Å². The lowest BCUT2D eigenvalue weighted by atomic mass is 10.0. The molecule has 0 heterocycles. The quantitative estimate of drug-likeness (QED) is 0.0394. The lowest BCUT2D eigenvalue weighted by Crippen LogP contribution is -2.16. The van der Waals surface area contributed by atoms with Crippen LogP contribution in [0.15, 0.2) is 48.6 Å². The van der Waals surface area contributed by atoms with Crippen molar-refractivity contribution in [1.29, 1.82) is 0 Å². The van der Waals surface area contributed by atoms with Gasteiger partial charge in [0.2, 0.25) is 0 Å². The van der Waals surface area contributed by atoms with Crippen LogP contribution in [0.4, 0.5) is 0 Å². The van der Waals surface area contributed by atoms with Crippen LogP contribution in [0.3, 0.4) is 0 Å². The third kappa shape index (κ3) is 40.3. The second kappa shape index (κ2) is 41.3. The number of rotatable bonds is 39. The van der Waals surface area contributed by atoms with E-state index >= 15 is 0 Å². The zero-order valence-electron chi connectivity index (χ0n) is 33.2. The van der Waals surface area contributed by atoms with Gasteiger partial charge in [0.15, 0.2) is 0 Å². The highest BCUT2D eigenvalue weighted by molar-refractivity contribution is 5.69. The Hall–Kier alpha value is -2.10. The van der Waals surface area contributed by atoms with E-state index in [1.165, 1.54) is 122 Å². The van der Waals surface area contributed by atoms with Crippen molar-refractivity contribution in [2.45, 2.75) is 232 Å². The molecular formula is C46H82O4. The van der Waals surface area contributed by atoms with E-state index in [4.69, 9.17) is 9.84 Å². The first kappa shape index (κ1) is 47.9. The first-order valence-corrected chi connectivity index (χ1v) is 21.6. The van der Waals surface area contributed by atoms with Gasteiger partial charge in [-0.3, -0.25) is 9.59 Å². The molecule has 0 bridgehead atoms. The van der Waals surface area contributed by atoms with Gasteiger partial charge in [-0.2, -0.15) is 0 Å². The Morgan fingerprint density at radius 3 is 1.24 bits per heavy atom. The number of carbonyl (C=O) groups is 2. The summed E-state index contributed by atoms with van der Waals surface area (Å²) in [6.07, 6.45) is 55.9. The number of carboxylic acids is 1. The summed E-state index contributed by atoms with van der Waals surface area (Å²) in [5.74, 6) is -0.788. The molecule has 0 aliphatic heterocycles. The lowest BCUT2D eigenvalue weighted by molar-refractivity contribution is -0.147. The van der Waals surface area contributed by atoms with Crippen molar-refractivity contribution < 1.29 is 19.4 Å². The maximum absolute atomic E-state index is 12.7. The van der Waals surface area contributed by atoms with Crippen LogP contribution in [0.25, 0.3) is 0 Å². The molecule has 0 aromatic carbocycles. The number of allylic oxidation sites excluding steroid dienone is 7. The smallest absolute Gasteiger partial charge is 0.306 e. The molecule has 290 valence electrons. The maximum atomic E-state index is 12.7. The highest BCUT2D eigenvalue weighted by Gasteiger charge is 2.11. The largest absolute Gasteiger partial charge is 0.481 e. The van der Waals surface area contributed by atoms with Crippen LogP contribution in [0.5, 0.6) is 0 Å². The van der Waals surface area contributed by atoms with Gasteiger partial charge in [0.1, 0.15) is 6.10 Å². The molecule has 0 aliphatic rings. The summed E-state index contributed by atoms with van der Waals surface area (Å²) in [4.78, 5) is 23.4. The molecule has 1 unspecified atom stereocenters. The monoisotopic (exact) mass is 699 g/mol. The summed E-state index contributed by atoms with van der Waals surface area (Å²) in [5, 5.41) is 8.82. The number of esters is 1. The van der Waals surface area contributed by atoms with E-state index in [-0.39, 0.29) is 18.5 Å². The van der Waals surface area contributed by atoms with Gasteiger partial charge in [-0.05, 0) is 57.4 Å². The topological polar surface area (TPSA) is 63.6 Å². The summed E-state index contributed by atoms with van der Waals surface area (Å²) in [5.41, 5.74) is 0. The molecule has 0 aromatic heterocycles. The van der Waals surface area contributed by atoms with Crippen molar-refractivity contribution in [1.82, 2.24) is 0 Å². The second-order valence-electron chi connectivity index (χ2n) is 14.5. The predicted molar refractivity (Wildman–Crippen MR) is 218 cm³/mol. The van der Waals surface area contributed by atoms with Crippen molar-refractivity contribution in [3.05, 3.63) is 48.6 Å². The molecular weight excluding hydrogens is 617 g/mol. The number of unbranched alkanes of at least 4 members (excludes halogenated alkanes) is 24. The molecule has 0 aromatic rings. The zero-order chi connectivity index (χ0) is 36.4. The highest BCUT2D eigenvalue weighted by Crippen LogP contribution is 2.17. The molecule has 0 saturated heterocycles. The average Bonchev–Trinajstić information content (AvgIpc) is 3.10. The van der Waals surface area contributed by atoms with Gasteiger partial charge >= 0.3 is 11.9 Å². The van der Waals surface area contributed by atoms with E-state index in [0.29, 0.717) is 6.42 Å². The second-order valence-corrected chi connectivity index (χ2v) is 14.5. The average molecular weight is 699 g/mol. The van der Waals surface area contributed by atoms with Crippen LogP contribution in [-0.4, -0.2) is 23.1 Å². The number of aliphatic carboxylic acids is 1. The SMILES string of the molecule is CC/C=C\C/C=C\C/C=C\C/C=C\C(CCCCCCCC(=O)O)OC(=O)CCCCCCCCCCCCCCCCCCCCCCC. The Bertz CT molecular complexity index is 839. The van der Waals surface area contributed by atoms with E-state index in [1.807, 2.05) is 0 Å². The van der Waals surface area contributed by atoms with Crippen molar-refractivity contribution in [2.75, 3.05) is 0 Å². The minimum Gasteiger partial charge on any atom is -0.481 e. The van der Waals surface area contributed by atoms with Crippen LogP contribution in [0.2, 0.25) is 0 Å². The van der Waals surface area contributed by atoms with Gasteiger partial charge in [-0.15, -0.1) is 0 Å². The van der Waals surface area contributed by atoms with Crippen LogP contribution in [-0.2, 0) is 14.3 Å². The van der Waals surface area contributed by atoms with Crippen LogP contribution < -0.4 is 0 Å². The Balaban J connectivity index is 3.98. The van der Waals surface area contributed by atoms with Crippen molar-refractivity contribution in [3.8, 4) is 0 Å². The number of hydrogen-bond donors (Lipinski definition) is 1. The van der Waals surface area contributed by atoms with Gasteiger partial charge in [-0.25, -0.2) is 0 Å². The first-order chi connectivity index (χ1) is 24.6. The highest BCUT2D eigenvalue weighted by atomic mass is 16.5. The molecule has 1 atom stereocenters. The molecule has 4 heteroatoms. The Labute approximate surface area is 311 Å². The summed E-state index contributed by atoms with van der Waals surface area (Å²) < 4.78 is 5.90. The van der Waals surface area contributed by atoms with Crippen molar-refractivity contribution >= 4 is 11.9 Å². The molecule has 0 saturated carbocycles. The van der Waals surface area contributed by atoms with Gasteiger partial charge in [0.05, 0.1) is 0 Å². The number of ether oxygens (including phenoxy) is 1. The van der Waals surface area contributed by atoms with E-state index in [9.17, 15) is 9.59 Å². The van der Waals surface area contributed by atoms with Gasteiger partial charge in [0, 0.05) is 12.8 Å². The van der Waals surface area contributed by atoms with Gasteiger partial charge in [0.25, 0.3) is 0 Å².